The fourth-order valence-corrected chi connectivity index (χ4v) is 5.80. The van der Waals surface area contributed by atoms with Gasteiger partial charge in [-0.05, 0) is 50.8 Å². The Bertz CT molecular complexity index is 1100. The van der Waals surface area contributed by atoms with Gasteiger partial charge in [-0.25, -0.2) is 4.99 Å². The molecule has 0 aliphatic carbocycles. The summed E-state index contributed by atoms with van der Waals surface area (Å²) in [6.07, 6.45) is 2.74. The molecule has 0 radical (unpaired) electrons. The molecule has 0 amide bonds. The summed E-state index contributed by atoms with van der Waals surface area (Å²) in [4.78, 5) is 8.28. The van der Waals surface area contributed by atoms with Crippen LogP contribution >= 0.6 is 11.3 Å². The quantitative estimate of drug-likeness (QED) is 0.368. The molecule has 164 valence electrons. The molecule has 1 N–H and O–H groups in total. The molecule has 0 spiro atoms. The molecule has 1 aliphatic rings. The normalized spacial score (nSPS) is 16.5. The van der Waals surface area contributed by atoms with E-state index in [0.717, 1.165) is 35.6 Å². The van der Waals surface area contributed by atoms with Crippen LogP contribution in [0.2, 0.25) is 0 Å². The largest absolute Gasteiger partial charge is 0.354 e. The lowest BCUT2D eigenvalue weighted by Gasteiger charge is -2.42. The van der Waals surface area contributed by atoms with Crippen LogP contribution < -0.4 is 5.32 Å². The van der Waals surface area contributed by atoms with Crippen molar-refractivity contribution < 1.29 is 0 Å². The summed E-state index contributed by atoms with van der Waals surface area (Å²) >= 11 is 1.64. The molecule has 0 atom stereocenters. The Morgan fingerprint density at radius 2 is 1.56 bits per heavy atom. The van der Waals surface area contributed by atoms with Crippen molar-refractivity contribution in [1.29, 1.82) is 5.26 Å². The van der Waals surface area contributed by atoms with E-state index in [0.29, 0.717) is 0 Å². The van der Waals surface area contributed by atoms with Gasteiger partial charge < -0.3 is 10.2 Å². The van der Waals surface area contributed by atoms with Crippen molar-refractivity contribution in [1.82, 2.24) is 10.2 Å². The van der Waals surface area contributed by atoms with E-state index in [2.05, 4.69) is 92.5 Å². The highest BCUT2D eigenvalue weighted by Crippen LogP contribution is 2.45. The van der Waals surface area contributed by atoms with Crippen LogP contribution in [-0.4, -0.2) is 16.8 Å². The van der Waals surface area contributed by atoms with Crippen LogP contribution in [0.4, 0.5) is 5.00 Å². The monoisotopic (exact) mass is 442 g/mol. The molecule has 4 rings (SSSR count). The Morgan fingerprint density at radius 3 is 2.09 bits per heavy atom. The first-order valence-corrected chi connectivity index (χ1v) is 11.8. The fraction of sp³-hybridized carbons (Fsp3) is 0.333. The van der Waals surface area contributed by atoms with E-state index in [4.69, 9.17) is 4.99 Å². The van der Waals surface area contributed by atoms with Gasteiger partial charge in [-0.2, -0.15) is 5.26 Å². The summed E-state index contributed by atoms with van der Waals surface area (Å²) in [5.41, 5.74) is 4.09. The maximum atomic E-state index is 9.99. The van der Waals surface area contributed by atoms with E-state index in [-0.39, 0.29) is 11.1 Å². The van der Waals surface area contributed by atoms with Gasteiger partial charge in [-0.3, -0.25) is 0 Å². The number of aliphatic imine (C=N–C) groups is 1. The first-order chi connectivity index (χ1) is 15.3. The van der Waals surface area contributed by atoms with E-state index in [1.807, 2.05) is 18.5 Å². The molecule has 0 bridgehead atoms. The second-order valence-corrected chi connectivity index (χ2v) is 10.6. The van der Waals surface area contributed by atoms with Crippen LogP contribution in [0.5, 0.6) is 0 Å². The number of thiophene rings is 1. The van der Waals surface area contributed by atoms with Gasteiger partial charge in [0.2, 0.25) is 0 Å². The van der Waals surface area contributed by atoms with Crippen molar-refractivity contribution in [3.63, 3.8) is 0 Å². The molecule has 2 heterocycles. The lowest BCUT2D eigenvalue weighted by atomic mass is 9.81. The maximum absolute atomic E-state index is 9.99. The van der Waals surface area contributed by atoms with Crippen molar-refractivity contribution >= 4 is 22.7 Å². The second-order valence-electron chi connectivity index (χ2n) is 9.63. The molecule has 0 saturated heterocycles. The van der Waals surface area contributed by atoms with Crippen molar-refractivity contribution in [2.24, 2.45) is 4.99 Å². The highest BCUT2D eigenvalue weighted by Gasteiger charge is 2.40. The third kappa shape index (κ3) is 4.93. The van der Waals surface area contributed by atoms with Gasteiger partial charge in [-0.15, -0.1) is 11.3 Å². The minimum atomic E-state index is -0.186. The Morgan fingerprint density at radius 1 is 1.00 bits per heavy atom. The Balaban J connectivity index is 1.67. The molecule has 3 aromatic rings. The summed E-state index contributed by atoms with van der Waals surface area (Å²) in [6.45, 7) is 10.3. The average Bonchev–Trinajstić information content (AvgIpc) is 3.10. The van der Waals surface area contributed by atoms with Crippen molar-refractivity contribution in [3.8, 4) is 6.07 Å². The molecule has 5 heteroatoms. The topological polar surface area (TPSA) is 51.4 Å². The zero-order chi connectivity index (χ0) is 22.8. The first kappa shape index (κ1) is 22.3. The van der Waals surface area contributed by atoms with Gasteiger partial charge in [0.25, 0.3) is 0 Å². The molecule has 0 fully saturated rings. The molecular formula is C27H30N4S. The van der Waals surface area contributed by atoms with Crippen molar-refractivity contribution in [2.45, 2.75) is 58.3 Å². The summed E-state index contributed by atoms with van der Waals surface area (Å²) in [5.74, 6) is 0. The molecule has 1 aromatic heterocycles. The number of rotatable bonds is 6. The number of benzene rings is 2. The lowest BCUT2D eigenvalue weighted by molar-refractivity contribution is 0.247. The van der Waals surface area contributed by atoms with Gasteiger partial charge >= 0.3 is 0 Å². The molecule has 0 saturated carbocycles. The highest BCUT2D eigenvalue weighted by atomic mass is 32.1. The van der Waals surface area contributed by atoms with Gasteiger partial charge in [0.15, 0.2) is 0 Å². The van der Waals surface area contributed by atoms with Crippen molar-refractivity contribution in [3.05, 3.63) is 87.8 Å². The minimum Gasteiger partial charge on any atom is -0.354 e. The van der Waals surface area contributed by atoms with Crippen LogP contribution in [0.3, 0.4) is 0 Å². The van der Waals surface area contributed by atoms with Crippen LogP contribution in [0, 0.1) is 11.3 Å². The van der Waals surface area contributed by atoms with Crippen LogP contribution in [0.15, 0.2) is 65.7 Å². The first-order valence-electron chi connectivity index (χ1n) is 11.0. The molecule has 4 nitrogen and oxygen atoms in total. The smallest absolute Gasteiger partial charge is 0.136 e. The van der Waals surface area contributed by atoms with E-state index in [1.165, 1.54) is 16.0 Å². The predicted molar refractivity (Wildman–Crippen MR) is 133 cm³/mol. The molecule has 1 aliphatic heterocycles. The number of nitrogens with zero attached hydrogens (tertiary/aromatic N) is 3. The van der Waals surface area contributed by atoms with E-state index in [9.17, 15) is 5.26 Å². The molecule has 2 aromatic carbocycles. The SMILES string of the molecule is CC1(C)Cc2c(sc(N=CN(Cc3ccccc3)Cc3ccccc3)c2C#N)C(C)(C)N1. The van der Waals surface area contributed by atoms with Gasteiger partial charge in [0, 0.05) is 29.0 Å². The molecular weight excluding hydrogens is 412 g/mol. The Labute approximate surface area is 195 Å². The third-order valence-electron chi connectivity index (χ3n) is 5.73. The Hall–Kier alpha value is -2.94. The lowest BCUT2D eigenvalue weighted by Crippen LogP contribution is -2.54. The number of nitriles is 1. The van der Waals surface area contributed by atoms with Gasteiger partial charge in [0.1, 0.15) is 11.1 Å². The van der Waals surface area contributed by atoms with Crippen LogP contribution in [0.25, 0.3) is 0 Å². The number of fused-ring (bicyclic) bond motifs is 1. The van der Waals surface area contributed by atoms with E-state index >= 15 is 0 Å². The zero-order valence-electron chi connectivity index (χ0n) is 19.2. The number of hydrogen-bond donors (Lipinski definition) is 1. The summed E-state index contributed by atoms with van der Waals surface area (Å²) in [5, 5.41) is 14.5. The minimum absolute atomic E-state index is 0.0587. The van der Waals surface area contributed by atoms with Crippen LogP contribution in [-0.2, 0) is 25.0 Å². The number of hydrogen-bond acceptors (Lipinski definition) is 4. The van der Waals surface area contributed by atoms with E-state index < -0.39 is 0 Å². The maximum Gasteiger partial charge on any atom is 0.136 e. The fourth-order valence-electron chi connectivity index (χ4n) is 4.63. The molecule has 0 unspecified atom stereocenters. The van der Waals surface area contributed by atoms with E-state index in [1.54, 1.807) is 11.3 Å². The third-order valence-corrected chi connectivity index (χ3v) is 7.20. The number of nitrogens with one attached hydrogen (secondary N) is 1. The zero-order valence-corrected chi connectivity index (χ0v) is 20.0. The van der Waals surface area contributed by atoms with Crippen molar-refractivity contribution in [2.75, 3.05) is 0 Å². The average molecular weight is 443 g/mol. The highest BCUT2D eigenvalue weighted by molar-refractivity contribution is 7.16. The summed E-state index contributed by atoms with van der Waals surface area (Å²) in [6, 6.07) is 23.3. The predicted octanol–water partition coefficient (Wildman–Crippen LogP) is 6.14. The van der Waals surface area contributed by atoms with Crippen LogP contribution in [0.1, 0.15) is 54.8 Å². The molecule has 32 heavy (non-hydrogen) atoms. The van der Waals surface area contributed by atoms with Gasteiger partial charge in [-0.1, -0.05) is 60.7 Å². The summed E-state index contributed by atoms with van der Waals surface area (Å²) in [7, 11) is 0. The summed E-state index contributed by atoms with van der Waals surface area (Å²) < 4.78 is 0. The second kappa shape index (κ2) is 8.90. The standard InChI is InChI=1S/C27H30N4S/c1-26(2)15-22-23(16-28)25(32-24(22)27(3,4)30-26)29-19-31(17-20-11-7-5-8-12-20)18-21-13-9-6-10-14-21/h5-14,19,30H,15,17-18H2,1-4H3. The Kier molecular flexibility index (Phi) is 6.19. The van der Waals surface area contributed by atoms with Gasteiger partial charge in [0.05, 0.1) is 11.9 Å².